The van der Waals surface area contributed by atoms with Crippen molar-refractivity contribution in [3.8, 4) is 11.1 Å². The Morgan fingerprint density at radius 3 is 2.33 bits per heavy atom. The lowest BCUT2D eigenvalue weighted by molar-refractivity contribution is 0.117. The third-order valence-corrected chi connectivity index (χ3v) is 8.31. The van der Waals surface area contributed by atoms with Gasteiger partial charge >= 0.3 is 0 Å². The van der Waals surface area contributed by atoms with E-state index in [0.717, 1.165) is 58.2 Å². The molecule has 0 aliphatic carbocycles. The van der Waals surface area contributed by atoms with Crippen molar-refractivity contribution in [1.29, 1.82) is 0 Å². The second-order valence-corrected chi connectivity index (χ2v) is 11.3. The van der Waals surface area contributed by atoms with Crippen LogP contribution in [-0.4, -0.2) is 25.8 Å². The van der Waals surface area contributed by atoms with Gasteiger partial charge in [-0.1, -0.05) is 90.5 Å². The topological polar surface area (TPSA) is 72.1 Å². The van der Waals surface area contributed by atoms with E-state index in [4.69, 9.17) is 0 Å². The molecule has 0 aliphatic rings. The fourth-order valence-electron chi connectivity index (χ4n) is 5.88. The number of aromatic nitrogens is 3. The SMILES string of the molecule is Cc1cccc(-c2cc(=O)n(C)c3ccc(C(O)(c4ccc(CNCCc5ccccc5)cc4)c4cncn4C)cc23)c1. The van der Waals surface area contributed by atoms with Crippen LogP contribution in [0.2, 0.25) is 0 Å². The largest absolute Gasteiger partial charge is 0.374 e. The van der Waals surface area contributed by atoms with E-state index < -0.39 is 5.60 Å². The molecule has 0 fully saturated rings. The quantitative estimate of drug-likeness (QED) is 0.214. The smallest absolute Gasteiger partial charge is 0.251 e. The van der Waals surface area contributed by atoms with Crippen molar-refractivity contribution in [2.75, 3.05) is 6.54 Å². The molecule has 43 heavy (non-hydrogen) atoms. The molecule has 6 heteroatoms. The molecule has 6 aromatic rings. The lowest BCUT2D eigenvalue weighted by Gasteiger charge is -2.30. The minimum Gasteiger partial charge on any atom is -0.374 e. The molecule has 2 aromatic heterocycles. The van der Waals surface area contributed by atoms with Crippen LogP contribution in [0.25, 0.3) is 22.0 Å². The molecule has 6 nitrogen and oxygen atoms in total. The summed E-state index contributed by atoms with van der Waals surface area (Å²) >= 11 is 0. The fraction of sp³-hybridized carbons (Fsp3) is 0.189. The van der Waals surface area contributed by atoms with Gasteiger partial charge < -0.3 is 19.6 Å². The molecule has 1 unspecified atom stereocenters. The van der Waals surface area contributed by atoms with Crippen LogP contribution >= 0.6 is 0 Å². The molecule has 2 heterocycles. The van der Waals surface area contributed by atoms with E-state index in [2.05, 4.69) is 52.8 Å². The van der Waals surface area contributed by atoms with E-state index in [1.54, 1.807) is 30.2 Å². The lowest BCUT2D eigenvalue weighted by atomic mass is 9.82. The predicted octanol–water partition coefficient (Wildman–Crippen LogP) is 5.86. The minimum atomic E-state index is -1.47. The number of hydrogen-bond donors (Lipinski definition) is 2. The van der Waals surface area contributed by atoms with Gasteiger partial charge in [0.2, 0.25) is 0 Å². The van der Waals surface area contributed by atoms with Crippen LogP contribution in [0.5, 0.6) is 0 Å². The summed E-state index contributed by atoms with van der Waals surface area (Å²) < 4.78 is 3.51. The van der Waals surface area contributed by atoms with Gasteiger partial charge in [0, 0.05) is 32.1 Å². The van der Waals surface area contributed by atoms with Crippen molar-refractivity contribution in [3.05, 3.63) is 160 Å². The molecule has 0 aliphatic heterocycles. The third kappa shape index (κ3) is 5.55. The Morgan fingerprint density at radius 1 is 0.837 bits per heavy atom. The number of nitrogens with one attached hydrogen (secondary N) is 1. The number of imidazole rings is 1. The highest BCUT2D eigenvalue weighted by atomic mass is 16.3. The number of rotatable bonds is 9. The first kappa shape index (κ1) is 28.3. The first-order chi connectivity index (χ1) is 20.8. The van der Waals surface area contributed by atoms with E-state index in [9.17, 15) is 9.90 Å². The van der Waals surface area contributed by atoms with Crippen molar-refractivity contribution >= 4 is 10.9 Å². The van der Waals surface area contributed by atoms with Gasteiger partial charge in [0.1, 0.15) is 0 Å². The van der Waals surface area contributed by atoms with Gasteiger partial charge in [-0.25, -0.2) is 4.98 Å². The molecule has 4 aromatic carbocycles. The molecular formula is C37H36N4O2. The standard InChI is InChI=1S/C37H36N4O2/c1-26-8-7-11-29(20-26)32-22-36(42)41(3)34-17-16-31(21-33(32)34)37(43,35-24-39-25-40(35)2)30-14-12-28(13-15-30)23-38-19-18-27-9-5-4-6-10-27/h4-17,20-22,24-25,38,43H,18-19,23H2,1-3H3. The van der Waals surface area contributed by atoms with Gasteiger partial charge in [0.05, 0.1) is 23.7 Å². The maximum Gasteiger partial charge on any atom is 0.251 e. The summed E-state index contributed by atoms with van der Waals surface area (Å²) in [5.41, 5.74) is 6.72. The molecule has 0 saturated heterocycles. The maximum atomic E-state index is 12.9. The van der Waals surface area contributed by atoms with Crippen molar-refractivity contribution in [2.24, 2.45) is 14.1 Å². The summed E-state index contributed by atoms with van der Waals surface area (Å²) in [5.74, 6) is 0. The van der Waals surface area contributed by atoms with Gasteiger partial charge in [0.25, 0.3) is 5.56 Å². The Morgan fingerprint density at radius 2 is 1.60 bits per heavy atom. The van der Waals surface area contributed by atoms with Crippen LogP contribution in [0.1, 0.15) is 33.5 Å². The van der Waals surface area contributed by atoms with Crippen molar-refractivity contribution < 1.29 is 5.11 Å². The Hall–Kier alpha value is -4.78. The average molecular weight is 569 g/mol. The molecule has 2 N–H and O–H groups in total. The number of fused-ring (bicyclic) bond motifs is 1. The monoisotopic (exact) mass is 568 g/mol. The van der Waals surface area contributed by atoms with Crippen LogP contribution in [-0.2, 0) is 32.7 Å². The van der Waals surface area contributed by atoms with Crippen molar-refractivity contribution in [3.63, 3.8) is 0 Å². The van der Waals surface area contributed by atoms with E-state index >= 15 is 0 Å². The van der Waals surface area contributed by atoms with Gasteiger partial charge in [-0.3, -0.25) is 4.79 Å². The molecule has 216 valence electrons. The third-order valence-electron chi connectivity index (χ3n) is 8.31. The summed E-state index contributed by atoms with van der Waals surface area (Å²) in [6, 6.07) is 34.3. The summed E-state index contributed by atoms with van der Waals surface area (Å²) in [6.45, 7) is 3.66. The Bertz CT molecular complexity index is 1940. The first-order valence-corrected chi connectivity index (χ1v) is 14.6. The zero-order valence-corrected chi connectivity index (χ0v) is 24.8. The zero-order chi connectivity index (χ0) is 30.0. The van der Waals surface area contributed by atoms with Gasteiger partial charge in [-0.2, -0.15) is 0 Å². The van der Waals surface area contributed by atoms with Crippen LogP contribution in [0.4, 0.5) is 0 Å². The highest BCUT2D eigenvalue weighted by Crippen LogP contribution is 2.39. The van der Waals surface area contributed by atoms with E-state index in [0.29, 0.717) is 11.3 Å². The van der Waals surface area contributed by atoms with E-state index in [-0.39, 0.29) is 5.56 Å². The number of benzene rings is 4. The van der Waals surface area contributed by atoms with Crippen LogP contribution in [0.3, 0.4) is 0 Å². The number of aryl methyl sites for hydroxylation is 3. The molecule has 0 amide bonds. The van der Waals surface area contributed by atoms with Gasteiger partial charge in [-0.15, -0.1) is 0 Å². The highest BCUT2D eigenvalue weighted by molar-refractivity contribution is 5.95. The van der Waals surface area contributed by atoms with Crippen LogP contribution < -0.4 is 10.9 Å². The maximum absolute atomic E-state index is 12.9. The van der Waals surface area contributed by atoms with Crippen molar-refractivity contribution in [1.82, 2.24) is 19.4 Å². The first-order valence-electron chi connectivity index (χ1n) is 14.6. The molecular weight excluding hydrogens is 532 g/mol. The summed E-state index contributed by atoms with van der Waals surface area (Å²) in [4.78, 5) is 17.3. The minimum absolute atomic E-state index is 0.0772. The van der Waals surface area contributed by atoms with Crippen LogP contribution in [0, 0.1) is 6.92 Å². The normalized spacial score (nSPS) is 12.8. The molecule has 0 bridgehead atoms. The highest BCUT2D eigenvalue weighted by Gasteiger charge is 2.37. The van der Waals surface area contributed by atoms with Crippen molar-refractivity contribution in [2.45, 2.75) is 25.5 Å². The lowest BCUT2D eigenvalue weighted by Crippen LogP contribution is -2.31. The Kier molecular flexibility index (Phi) is 7.80. The number of hydrogen-bond acceptors (Lipinski definition) is 4. The molecule has 6 rings (SSSR count). The summed E-state index contributed by atoms with van der Waals surface area (Å²) in [6.07, 6.45) is 4.39. The van der Waals surface area contributed by atoms with Gasteiger partial charge in [0.15, 0.2) is 5.60 Å². The predicted molar refractivity (Wildman–Crippen MR) is 173 cm³/mol. The number of nitrogens with zero attached hydrogens (tertiary/aromatic N) is 3. The summed E-state index contributed by atoms with van der Waals surface area (Å²) in [5, 5.41) is 17.1. The van der Waals surface area contributed by atoms with Gasteiger partial charge in [-0.05, 0) is 65.4 Å². The van der Waals surface area contributed by atoms with E-state index in [1.807, 2.05) is 73.1 Å². The summed E-state index contributed by atoms with van der Waals surface area (Å²) in [7, 11) is 3.67. The second-order valence-electron chi connectivity index (χ2n) is 11.3. The molecule has 0 radical (unpaired) electrons. The van der Waals surface area contributed by atoms with E-state index in [1.165, 1.54) is 5.56 Å². The molecule has 0 spiro atoms. The zero-order valence-electron chi connectivity index (χ0n) is 24.8. The number of aliphatic hydroxyl groups is 1. The van der Waals surface area contributed by atoms with Crippen LogP contribution in [0.15, 0.2) is 120 Å². The Labute approximate surface area is 251 Å². The molecule has 0 saturated carbocycles. The number of pyridine rings is 1. The Balaban J connectivity index is 1.38. The molecule has 1 atom stereocenters. The average Bonchev–Trinajstić information content (AvgIpc) is 3.47. The fourth-order valence-corrected chi connectivity index (χ4v) is 5.88. The second kappa shape index (κ2) is 11.8.